The molecule has 108 valence electrons. The Hall–Kier alpha value is -2.00. The van der Waals surface area contributed by atoms with Crippen LogP contribution in [-0.4, -0.2) is 12.5 Å². The van der Waals surface area contributed by atoms with Crippen LogP contribution >= 0.6 is 11.6 Å². The zero-order chi connectivity index (χ0) is 14.8. The van der Waals surface area contributed by atoms with E-state index in [1.54, 1.807) is 0 Å². The normalized spacial score (nSPS) is 17.9. The highest BCUT2D eigenvalue weighted by molar-refractivity contribution is 6.30. The lowest BCUT2D eigenvalue weighted by Crippen LogP contribution is -2.34. The summed E-state index contributed by atoms with van der Waals surface area (Å²) in [6.07, 6.45) is 0. The number of halogens is 1. The van der Waals surface area contributed by atoms with E-state index in [-0.39, 0.29) is 11.8 Å². The van der Waals surface area contributed by atoms with Gasteiger partial charge in [0.25, 0.3) is 0 Å². The Labute approximate surface area is 129 Å². The second-order valence-corrected chi connectivity index (χ2v) is 5.79. The second-order valence-electron chi connectivity index (χ2n) is 5.35. The Bertz CT molecular complexity index is 654. The fourth-order valence-electron chi connectivity index (χ4n) is 2.53. The Kier molecular flexibility index (Phi) is 3.84. The molecule has 1 aliphatic heterocycles. The summed E-state index contributed by atoms with van der Waals surface area (Å²) < 4.78 is 0. The number of hydrogen-bond donors (Lipinski definition) is 1. The van der Waals surface area contributed by atoms with Gasteiger partial charge in [0.1, 0.15) is 0 Å². The molecule has 0 radical (unpaired) electrons. The summed E-state index contributed by atoms with van der Waals surface area (Å²) in [5.41, 5.74) is 3.00. The van der Waals surface area contributed by atoms with Crippen molar-refractivity contribution in [3.63, 3.8) is 0 Å². The molecule has 0 spiro atoms. The summed E-state index contributed by atoms with van der Waals surface area (Å²) >= 11 is 5.92. The van der Waals surface area contributed by atoms with Gasteiger partial charge in [-0.25, -0.2) is 0 Å². The van der Waals surface area contributed by atoms with Crippen molar-refractivity contribution in [2.45, 2.75) is 13.5 Å². The molecular formula is C17H17ClN2O. The van der Waals surface area contributed by atoms with Crippen LogP contribution in [0, 0.1) is 5.92 Å². The summed E-state index contributed by atoms with van der Waals surface area (Å²) in [5.74, 6) is 0.0899. The SMILES string of the molecule is C[C@@H]1CNc2ccccc2N(Cc2ccc(Cl)cc2)C1=O. The van der Waals surface area contributed by atoms with Crippen molar-refractivity contribution in [3.05, 3.63) is 59.1 Å². The van der Waals surface area contributed by atoms with Crippen LogP contribution < -0.4 is 10.2 Å². The van der Waals surface area contributed by atoms with Gasteiger partial charge in [-0.3, -0.25) is 4.79 Å². The average molecular weight is 301 g/mol. The predicted molar refractivity (Wildman–Crippen MR) is 86.7 cm³/mol. The number of para-hydroxylation sites is 2. The van der Waals surface area contributed by atoms with Crippen molar-refractivity contribution in [1.82, 2.24) is 0 Å². The van der Waals surface area contributed by atoms with Crippen molar-refractivity contribution in [3.8, 4) is 0 Å². The van der Waals surface area contributed by atoms with Gasteiger partial charge in [0.05, 0.1) is 23.8 Å². The lowest BCUT2D eigenvalue weighted by molar-refractivity contribution is -0.121. The number of amides is 1. The molecule has 3 nitrogen and oxygen atoms in total. The molecule has 1 amide bonds. The van der Waals surface area contributed by atoms with Crippen LogP contribution in [0.2, 0.25) is 5.02 Å². The fraction of sp³-hybridized carbons (Fsp3) is 0.235. The van der Waals surface area contributed by atoms with Crippen LogP contribution in [0.3, 0.4) is 0 Å². The molecular weight excluding hydrogens is 284 g/mol. The van der Waals surface area contributed by atoms with Crippen LogP contribution in [0.5, 0.6) is 0 Å². The van der Waals surface area contributed by atoms with Gasteiger partial charge in [0, 0.05) is 11.6 Å². The van der Waals surface area contributed by atoms with E-state index in [0.29, 0.717) is 18.1 Å². The third kappa shape index (κ3) is 2.88. The van der Waals surface area contributed by atoms with Crippen molar-refractivity contribution in [2.24, 2.45) is 5.92 Å². The minimum absolute atomic E-state index is 0.0512. The molecule has 1 aliphatic rings. The van der Waals surface area contributed by atoms with Crippen molar-refractivity contribution in [1.29, 1.82) is 0 Å². The molecule has 0 aromatic heterocycles. The Morgan fingerprint density at radius 1 is 1.19 bits per heavy atom. The summed E-state index contributed by atoms with van der Waals surface area (Å²) in [7, 11) is 0. The average Bonchev–Trinajstić information content (AvgIpc) is 2.62. The van der Waals surface area contributed by atoms with Gasteiger partial charge in [-0.1, -0.05) is 42.8 Å². The van der Waals surface area contributed by atoms with E-state index in [1.807, 2.05) is 60.4 Å². The van der Waals surface area contributed by atoms with Crippen molar-refractivity contribution < 1.29 is 4.79 Å². The van der Waals surface area contributed by atoms with Crippen LogP contribution in [0.15, 0.2) is 48.5 Å². The minimum Gasteiger partial charge on any atom is -0.383 e. The highest BCUT2D eigenvalue weighted by Gasteiger charge is 2.27. The number of nitrogens with zero attached hydrogens (tertiary/aromatic N) is 1. The van der Waals surface area contributed by atoms with Crippen LogP contribution in [0.1, 0.15) is 12.5 Å². The van der Waals surface area contributed by atoms with E-state index < -0.39 is 0 Å². The standard InChI is InChI=1S/C17H17ClN2O/c1-12-10-19-15-4-2-3-5-16(15)20(17(12)21)11-13-6-8-14(18)9-7-13/h2-9,12,19H,10-11H2,1H3/t12-/m1/s1. The highest BCUT2D eigenvalue weighted by Crippen LogP contribution is 2.31. The Balaban J connectivity index is 1.97. The molecule has 1 N–H and O–H groups in total. The zero-order valence-corrected chi connectivity index (χ0v) is 12.6. The van der Waals surface area contributed by atoms with E-state index in [0.717, 1.165) is 16.9 Å². The van der Waals surface area contributed by atoms with Crippen molar-refractivity contribution in [2.75, 3.05) is 16.8 Å². The van der Waals surface area contributed by atoms with E-state index in [1.165, 1.54) is 0 Å². The lowest BCUT2D eigenvalue weighted by atomic mass is 10.1. The fourth-order valence-corrected chi connectivity index (χ4v) is 2.66. The maximum atomic E-state index is 12.6. The molecule has 0 saturated carbocycles. The van der Waals surface area contributed by atoms with Crippen LogP contribution in [0.4, 0.5) is 11.4 Å². The summed E-state index contributed by atoms with van der Waals surface area (Å²) in [5, 5.41) is 4.05. The molecule has 0 bridgehead atoms. The van der Waals surface area contributed by atoms with Crippen LogP contribution in [-0.2, 0) is 11.3 Å². The van der Waals surface area contributed by atoms with Gasteiger partial charge in [-0.05, 0) is 29.8 Å². The van der Waals surface area contributed by atoms with Crippen LogP contribution in [0.25, 0.3) is 0 Å². The Morgan fingerprint density at radius 3 is 2.67 bits per heavy atom. The number of benzene rings is 2. The molecule has 1 heterocycles. The molecule has 0 saturated heterocycles. The number of rotatable bonds is 2. The molecule has 0 unspecified atom stereocenters. The molecule has 2 aromatic rings. The maximum Gasteiger partial charge on any atom is 0.231 e. The van der Waals surface area contributed by atoms with Gasteiger partial charge in [-0.2, -0.15) is 0 Å². The smallest absolute Gasteiger partial charge is 0.231 e. The van der Waals surface area contributed by atoms with Gasteiger partial charge in [0.2, 0.25) is 5.91 Å². The monoisotopic (exact) mass is 300 g/mol. The molecule has 0 fully saturated rings. The quantitative estimate of drug-likeness (QED) is 0.911. The van der Waals surface area contributed by atoms with E-state index in [4.69, 9.17) is 11.6 Å². The molecule has 0 aliphatic carbocycles. The molecule has 21 heavy (non-hydrogen) atoms. The van der Waals surface area contributed by atoms with Gasteiger partial charge in [0.15, 0.2) is 0 Å². The molecule has 4 heteroatoms. The van der Waals surface area contributed by atoms with E-state index in [9.17, 15) is 4.79 Å². The number of nitrogens with one attached hydrogen (secondary N) is 1. The van der Waals surface area contributed by atoms with Gasteiger partial charge in [-0.15, -0.1) is 0 Å². The summed E-state index contributed by atoms with van der Waals surface area (Å²) in [4.78, 5) is 14.5. The zero-order valence-electron chi connectivity index (χ0n) is 11.8. The predicted octanol–water partition coefficient (Wildman–Crippen LogP) is 3.93. The molecule has 3 rings (SSSR count). The first-order valence-electron chi connectivity index (χ1n) is 7.04. The first-order valence-corrected chi connectivity index (χ1v) is 7.41. The van der Waals surface area contributed by atoms with E-state index in [2.05, 4.69) is 5.32 Å². The van der Waals surface area contributed by atoms with E-state index >= 15 is 0 Å². The Morgan fingerprint density at radius 2 is 1.90 bits per heavy atom. The maximum absolute atomic E-state index is 12.6. The lowest BCUT2D eigenvalue weighted by Gasteiger charge is -2.24. The van der Waals surface area contributed by atoms with Gasteiger partial charge < -0.3 is 10.2 Å². The third-order valence-electron chi connectivity index (χ3n) is 3.74. The first kappa shape index (κ1) is 14.0. The number of anilines is 2. The minimum atomic E-state index is -0.0512. The number of carbonyl (C=O) groups excluding carboxylic acids is 1. The molecule has 2 aromatic carbocycles. The number of fused-ring (bicyclic) bond motifs is 1. The second kappa shape index (κ2) is 5.78. The molecule has 1 atom stereocenters. The van der Waals surface area contributed by atoms with Crippen molar-refractivity contribution >= 4 is 28.9 Å². The van der Waals surface area contributed by atoms with Gasteiger partial charge >= 0.3 is 0 Å². The summed E-state index contributed by atoms with van der Waals surface area (Å²) in [6.45, 7) is 3.17. The largest absolute Gasteiger partial charge is 0.383 e. The topological polar surface area (TPSA) is 32.3 Å². The highest BCUT2D eigenvalue weighted by atomic mass is 35.5. The number of hydrogen-bond acceptors (Lipinski definition) is 2. The third-order valence-corrected chi connectivity index (χ3v) is 3.99. The first-order chi connectivity index (χ1) is 10.1. The number of carbonyl (C=O) groups is 1. The summed E-state index contributed by atoms with van der Waals surface area (Å²) in [6, 6.07) is 15.6.